The van der Waals surface area contributed by atoms with Crippen molar-refractivity contribution in [3.05, 3.63) is 21.4 Å². The second kappa shape index (κ2) is 8.57. The largest absolute Gasteiger partial charge is 0.454 e. The molecule has 2 heterocycles. The number of hydrogen-bond donors (Lipinski definition) is 3. The lowest BCUT2D eigenvalue weighted by Crippen LogP contribution is -2.24. The van der Waals surface area contributed by atoms with Gasteiger partial charge in [0.2, 0.25) is 6.79 Å². The van der Waals surface area contributed by atoms with Crippen LogP contribution < -0.4 is 26.3 Å². The van der Waals surface area contributed by atoms with Crippen LogP contribution >= 0.6 is 34.4 Å². The van der Waals surface area contributed by atoms with Gasteiger partial charge < -0.3 is 30.8 Å². The molecule has 0 atom stereocenters. The van der Waals surface area contributed by atoms with Crippen molar-refractivity contribution in [2.45, 2.75) is 42.9 Å². The maximum atomic E-state index is 11.7. The van der Waals surface area contributed by atoms with E-state index in [1.54, 1.807) is 0 Å². The summed E-state index contributed by atoms with van der Waals surface area (Å²) < 4.78 is 13.7. The number of imidazole rings is 1. The Bertz CT molecular complexity index is 856. The number of benzene rings is 1. The number of primary amides is 1. The number of carbonyl (C=O) groups is 1. The first kappa shape index (κ1) is 20.1. The SMILES string of the molecule is CC(C)NCCCn1c(Sc2cc3c(cc2I)OCO3)nc(C(N)=O)c1N. The van der Waals surface area contributed by atoms with Gasteiger partial charge in [-0.1, -0.05) is 25.6 Å². The third kappa shape index (κ3) is 4.61. The van der Waals surface area contributed by atoms with Gasteiger partial charge in [-0.05, 0) is 47.7 Å². The molecule has 0 unspecified atom stereocenters. The Balaban J connectivity index is 1.85. The highest BCUT2D eigenvalue weighted by Crippen LogP contribution is 2.41. The number of fused-ring (bicyclic) bond motifs is 1. The Labute approximate surface area is 175 Å². The van der Waals surface area contributed by atoms with Crippen molar-refractivity contribution in [1.82, 2.24) is 14.9 Å². The van der Waals surface area contributed by atoms with Gasteiger partial charge in [0, 0.05) is 21.1 Å². The van der Waals surface area contributed by atoms with Gasteiger partial charge in [0.05, 0.1) is 0 Å². The monoisotopic (exact) mass is 503 g/mol. The summed E-state index contributed by atoms with van der Waals surface area (Å²) in [5, 5.41) is 3.99. The molecule has 1 aromatic carbocycles. The standard InChI is InChI=1S/C17H22IN5O3S/c1-9(2)21-4-3-5-23-15(19)14(16(20)24)22-17(23)27-13-7-12-11(6-10(13)18)25-8-26-12/h6-7,9,21H,3-5,8,19H2,1-2H3,(H2,20,24). The first-order valence-corrected chi connectivity index (χ1v) is 10.4. The van der Waals surface area contributed by atoms with Crippen LogP contribution in [0.2, 0.25) is 0 Å². The minimum atomic E-state index is -0.631. The van der Waals surface area contributed by atoms with Crippen molar-refractivity contribution in [2.75, 3.05) is 19.1 Å². The van der Waals surface area contributed by atoms with Crippen molar-refractivity contribution < 1.29 is 14.3 Å². The number of hydrogen-bond acceptors (Lipinski definition) is 7. The topological polar surface area (TPSA) is 117 Å². The van der Waals surface area contributed by atoms with Crippen LogP contribution in [0.5, 0.6) is 11.5 Å². The maximum absolute atomic E-state index is 11.7. The van der Waals surface area contributed by atoms with E-state index in [1.807, 2.05) is 16.7 Å². The Morgan fingerprint density at radius 2 is 2.11 bits per heavy atom. The Kier molecular flexibility index (Phi) is 6.37. The minimum Gasteiger partial charge on any atom is -0.454 e. The molecule has 0 saturated heterocycles. The quantitative estimate of drug-likeness (QED) is 0.374. The molecule has 2 aromatic rings. The summed E-state index contributed by atoms with van der Waals surface area (Å²) in [6.07, 6.45) is 0.850. The molecule has 8 nitrogen and oxygen atoms in total. The highest BCUT2D eigenvalue weighted by Gasteiger charge is 2.22. The van der Waals surface area contributed by atoms with Crippen molar-refractivity contribution in [3.8, 4) is 11.5 Å². The van der Waals surface area contributed by atoms with E-state index >= 15 is 0 Å². The predicted octanol–water partition coefficient (Wildman–Crippen LogP) is 2.44. The fraction of sp³-hybridized carbons (Fsp3) is 0.412. The molecule has 1 aliphatic heterocycles. The highest BCUT2D eigenvalue weighted by molar-refractivity contribution is 14.1. The molecule has 0 spiro atoms. The number of anilines is 1. The fourth-order valence-electron chi connectivity index (χ4n) is 2.62. The molecule has 0 aliphatic carbocycles. The Morgan fingerprint density at radius 3 is 2.78 bits per heavy atom. The number of nitrogens with one attached hydrogen (secondary N) is 1. The number of nitrogens with two attached hydrogens (primary N) is 2. The van der Waals surface area contributed by atoms with E-state index in [0.717, 1.165) is 27.2 Å². The third-order valence-electron chi connectivity index (χ3n) is 3.94. The van der Waals surface area contributed by atoms with Gasteiger partial charge in [0.15, 0.2) is 22.3 Å². The molecule has 5 N–H and O–H groups in total. The van der Waals surface area contributed by atoms with Gasteiger partial charge in [0.25, 0.3) is 5.91 Å². The molecular weight excluding hydrogens is 481 g/mol. The number of rotatable bonds is 8. The van der Waals surface area contributed by atoms with E-state index in [1.165, 1.54) is 11.8 Å². The van der Waals surface area contributed by atoms with E-state index in [9.17, 15) is 4.79 Å². The smallest absolute Gasteiger partial charge is 0.271 e. The van der Waals surface area contributed by atoms with Crippen LogP contribution in [0.25, 0.3) is 0 Å². The molecular formula is C17H22IN5O3S. The molecule has 0 saturated carbocycles. The minimum absolute atomic E-state index is 0.102. The number of halogens is 1. The fourth-order valence-corrected chi connectivity index (χ4v) is 4.35. The Morgan fingerprint density at radius 1 is 1.41 bits per heavy atom. The van der Waals surface area contributed by atoms with Gasteiger partial charge in [-0.2, -0.15) is 0 Å². The number of ether oxygens (including phenoxy) is 2. The van der Waals surface area contributed by atoms with Crippen molar-refractivity contribution in [1.29, 1.82) is 0 Å². The zero-order valence-corrected chi connectivity index (χ0v) is 18.1. The van der Waals surface area contributed by atoms with Crippen LogP contribution in [0, 0.1) is 3.57 Å². The lowest BCUT2D eigenvalue weighted by atomic mass is 10.3. The normalized spacial score (nSPS) is 12.7. The van der Waals surface area contributed by atoms with Gasteiger partial charge in [-0.15, -0.1) is 0 Å². The lowest BCUT2D eigenvalue weighted by molar-refractivity contribution is 0.0996. The predicted molar refractivity (Wildman–Crippen MR) is 112 cm³/mol. The molecule has 3 rings (SSSR count). The van der Waals surface area contributed by atoms with Crippen LogP contribution in [-0.2, 0) is 6.54 Å². The second-order valence-electron chi connectivity index (χ2n) is 6.34. The van der Waals surface area contributed by atoms with E-state index < -0.39 is 5.91 Å². The van der Waals surface area contributed by atoms with Gasteiger partial charge in [-0.25, -0.2) is 4.98 Å². The summed E-state index contributed by atoms with van der Waals surface area (Å²) >= 11 is 3.66. The number of nitrogens with zero attached hydrogens (tertiary/aromatic N) is 2. The van der Waals surface area contributed by atoms with Crippen molar-refractivity contribution >= 4 is 46.1 Å². The molecule has 27 heavy (non-hydrogen) atoms. The van der Waals surface area contributed by atoms with Gasteiger partial charge >= 0.3 is 0 Å². The molecule has 1 aliphatic rings. The summed E-state index contributed by atoms with van der Waals surface area (Å²) in [6, 6.07) is 4.24. The van der Waals surface area contributed by atoms with E-state index in [2.05, 4.69) is 46.7 Å². The number of aromatic nitrogens is 2. The Hall–Kier alpha value is -1.66. The molecule has 0 fully saturated rings. The van der Waals surface area contributed by atoms with Crippen LogP contribution in [0.15, 0.2) is 22.2 Å². The van der Waals surface area contributed by atoms with Gasteiger partial charge in [-0.3, -0.25) is 4.79 Å². The average Bonchev–Trinajstić information content (AvgIpc) is 3.16. The number of amides is 1. The van der Waals surface area contributed by atoms with Crippen LogP contribution in [-0.4, -0.2) is 34.8 Å². The lowest BCUT2D eigenvalue weighted by Gasteiger charge is -2.12. The van der Waals surface area contributed by atoms with Crippen LogP contribution in [0.4, 0.5) is 5.82 Å². The molecule has 1 aromatic heterocycles. The average molecular weight is 503 g/mol. The van der Waals surface area contributed by atoms with Crippen molar-refractivity contribution in [2.24, 2.45) is 5.73 Å². The number of nitrogen functional groups attached to an aromatic ring is 1. The zero-order valence-electron chi connectivity index (χ0n) is 15.1. The summed E-state index contributed by atoms with van der Waals surface area (Å²) in [7, 11) is 0. The number of carbonyl (C=O) groups excluding carboxylic acids is 1. The van der Waals surface area contributed by atoms with E-state index in [-0.39, 0.29) is 12.5 Å². The van der Waals surface area contributed by atoms with Gasteiger partial charge in [0.1, 0.15) is 5.82 Å². The maximum Gasteiger partial charge on any atom is 0.271 e. The molecule has 146 valence electrons. The molecule has 0 bridgehead atoms. The van der Waals surface area contributed by atoms with Crippen molar-refractivity contribution in [3.63, 3.8) is 0 Å². The summed E-state index contributed by atoms with van der Waals surface area (Å²) in [5.41, 5.74) is 11.7. The van der Waals surface area contributed by atoms with E-state index in [4.69, 9.17) is 20.9 Å². The molecule has 10 heteroatoms. The first-order chi connectivity index (χ1) is 12.9. The highest BCUT2D eigenvalue weighted by atomic mass is 127. The summed E-state index contributed by atoms with van der Waals surface area (Å²) in [4.78, 5) is 17.0. The van der Waals surface area contributed by atoms with E-state index in [0.29, 0.717) is 29.3 Å². The van der Waals surface area contributed by atoms with Crippen LogP contribution in [0.3, 0.4) is 0 Å². The molecule has 0 radical (unpaired) electrons. The molecule has 1 amide bonds. The first-order valence-electron chi connectivity index (χ1n) is 8.53. The third-order valence-corrected chi connectivity index (χ3v) is 6.26. The summed E-state index contributed by atoms with van der Waals surface area (Å²) in [5.74, 6) is 1.09. The summed E-state index contributed by atoms with van der Waals surface area (Å²) in [6.45, 7) is 5.89. The second-order valence-corrected chi connectivity index (χ2v) is 8.52. The zero-order chi connectivity index (χ0) is 19.6. The van der Waals surface area contributed by atoms with Crippen LogP contribution in [0.1, 0.15) is 30.8 Å².